The van der Waals surface area contributed by atoms with E-state index in [0.717, 1.165) is 0 Å². The fourth-order valence-corrected chi connectivity index (χ4v) is 5.34. The maximum Gasteiger partial charge on any atom is 0.449 e. The molecule has 0 saturated carbocycles. The predicted octanol–water partition coefficient (Wildman–Crippen LogP) is 1.50. The lowest BCUT2D eigenvalue weighted by molar-refractivity contribution is -0.144. The van der Waals surface area contributed by atoms with Gasteiger partial charge in [-0.1, -0.05) is 0 Å². The molecular weight excluding hydrogens is 385 g/mol. The average Bonchev–Trinajstić information content (AvgIpc) is 3.29. The smallest absolute Gasteiger partial charge is 0.334 e. The van der Waals surface area contributed by atoms with Crippen LogP contribution in [0.5, 0.6) is 0 Å². The van der Waals surface area contributed by atoms with Crippen molar-refractivity contribution in [1.29, 1.82) is 5.26 Å². The van der Waals surface area contributed by atoms with Gasteiger partial charge in [-0.25, -0.2) is 4.98 Å². The van der Waals surface area contributed by atoms with Crippen LogP contribution in [0.1, 0.15) is 12.2 Å². The summed E-state index contributed by atoms with van der Waals surface area (Å²) in [7, 11) is -3.81. The van der Waals surface area contributed by atoms with E-state index in [1.165, 1.54) is 31.7 Å². The van der Waals surface area contributed by atoms with Crippen molar-refractivity contribution in [2.75, 3.05) is 30.5 Å². The molecular formula is C15H15F3N6O2S. The molecule has 0 unspecified atom stereocenters. The standard InChI is InChI=1S/C15H15F3N6O2S/c16-15(17,18)14-20-12-2-1-10(7-13(12)21-14)23-5-6-24(27(23,25)26)11-3-4-22(8-11)9-19/h1-2,7,11H,3-6,8H2,(H,20,21)/t11-/m1/s1. The van der Waals surface area contributed by atoms with Crippen molar-refractivity contribution in [1.82, 2.24) is 19.2 Å². The maximum absolute atomic E-state index is 12.9. The number of nitrogens with zero attached hydrogens (tertiary/aromatic N) is 5. The van der Waals surface area contributed by atoms with Crippen molar-refractivity contribution in [3.8, 4) is 6.19 Å². The number of benzene rings is 1. The minimum absolute atomic E-state index is 0.111. The van der Waals surface area contributed by atoms with Crippen LogP contribution in [0.25, 0.3) is 11.0 Å². The molecule has 0 amide bonds. The molecule has 8 nitrogen and oxygen atoms in total. The normalized spacial score (nSPS) is 23.3. The second-order valence-corrected chi connectivity index (χ2v) is 8.27. The lowest BCUT2D eigenvalue weighted by Crippen LogP contribution is -2.41. The van der Waals surface area contributed by atoms with Gasteiger partial charge in [0.15, 0.2) is 6.19 Å². The number of aromatic amines is 1. The summed E-state index contributed by atoms with van der Waals surface area (Å²) < 4.78 is 66.8. The zero-order valence-corrected chi connectivity index (χ0v) is 14.8. The first-order valence-corrected chi connectivity index (χ1v) is 9.61. The number of H-pyrrole nitrogens is 1. The van der Waals surface area contributed by atoms with Crippen molar-refractivity contribution in [2.24, 2.45) is 0 Å². The molecule has 4 rings (SSSR count). The molecule has 2 aliphatic heterocycles. The molecule has 27 heavy (non-hydrogen) atoms. The summed E-state index contributed by atoms with van der Waals surface area (Å²) in [5.74, 6) is -1.12. The van der Waals surface area contributed by atoms with E-state index in [4.69, 9.17) is 5.26 Å². The maximum atomic E-state index is 12.9. The summed E-state index contributed by atoms with van der Waals surface area (Å²) in [6.07, 6.45) is -2.02. The van der Waals surface area contributed by atoms with E-state index in [1.807, 2.05) is 6.19 Å². The molecule has 0 aliphatic carbocycles. The van der Waals surface area contributed by atoms with E-state index >= 15 is 0 Å². The molecule has 1 aromatic heterocycles. The molecule has 2 saturated heterocycles. The SMILES string of the molecule is N#CN1CC[C@@H](N2CCN(c3ccc4nc(C(F)(F)F)[nH]c4c3)S2(=O)=O)C1. The van der Waals surface area contributed by atoms with Crippen LogP contribution in [0.4, 0.5) is 18.9 Å². The number of likely N-dealkylation sites (tertiary alicyclic amines) is 1. The number of hydrogen-bond acceptors (Lipinski definition) is 5. The van der Waals surface area contributed by atoms with Gasteiger partial charge < -0.3 is 9.88 Å². The predicted molar refractivity (Wildman–Crippen MR) is 89.7 cm³/mol. The Balaban J connectivity index is 1.63. The topological polar surface area (TPSA) is 96.3 Å². The van der Waals surface area contributed by atoms with Gasteiger partial charge in [0, 0.05) is 32.2 Å². The molecule has 1 N–H and O–H groups in total. The molecule has 2 fully saturated rings. The highest BCUT2D eigenvalue weighted by atomic mass is 32.2. The number of imidazole rings is 1. The van der Waals surface area contributed by atoms with Crippen LogP contribution in [-0.2, 0) is 16.4 Å². The largest absolute Gasteiger partial charge is 0.449 e. The molecule has 2 aliphatic rings. The fourth-order valence-electron chi connectivity index (χ4n) is 3.53. The van der Waals surface area contributed by atoms with Crippen LogP contribution in [0, 0.1) is 11.5 Å². The molecule has 0 radical (unpaired) electrons. The van der Waals surface area contributed by atoms with Crippen molar-refractivity contribution >= 4 is 26.9 Å². The molecule has 144 valence electrons. The van der Waals surface area contributed by atoms with Gasteiger partial charge in [-0.15, -0.1) is 0 Å². The van der Waals surface area contributed by atoms with E-state index in [2.05, 4.69) is 9.97 Å². The summed E-state index contributed by atoms with van der Waals surface area (Å²) in [6, 6.07) is 3.88. The minimum atomic E-state index is -4.61. The van der Waals surface area contributed by atoms with Gasteiger partial charge in [-0.3, -0.25) is 4.31 Å². The Bertz CT molecular complexity index is 1030. The Kier molecular flexibility index (Phi) is 3.97. The Morgan fingerprint density at radius 3 is 2.70 bits per heavy atom. The monoisotopic (exact) mass is 400 g/mol. The number of nitriles is 1. The average molecular weight is 400 g/mol. The first-order chi connectivity index (χ1) is 12.7. The van der Waals surface area contributed by atoms with Gasteiger partial charge >= 0.3 is 16.4 Å². The molecule has 0 spiro atoms. The van der Waals surface area contributed by atoms with Crippen LogP contribution >= 0.6 is 0 Å². The van der Waals surface area contributed by atoms with E-state index < -0.39 is 22.2 Å². The van der Waals surface area contributed by atoms with Crippen LogP contribution in [-0.4, -0.2) is 59.8 Å². The van der Waals surface area contributed by atoms with Gasteiger partial charge in [0.2, 0.25) is 5.82 Å². The number of aromatic nitrogens is 2. The molecule has 0 bridgehead atoms. The van der Waals surface area contributed by atoms with Gasteiger partial charge in [0.25, 0.3) is 0 Å². The molecule has 3 heterocycles. The third kappa shape index (κ3) is 2.96. The zero-order chi connectivity index (χ0) is 19.4. The number of fused-ring (bicyclic) bond motifs is 1. The van der Waals surface area contributed by atoms with E-state index in [9.17, 15) is 21.6 Å². The zero-order valence-electron chi connectivity index (χ0n) is 13.9. The highest BCUT2D eigenvalue weighted by molar-refractivity contribution is 7.90. The van der Waals surface area contributed by atoms with Gasteiger partial charge in [-0.05, 0) is 24.6 Å². The number of alkyl halides is 3. The lowest BCUT2D eigenvalue weighted by atomic mass is 10.2. The molecule has 1 atom stereocenters. The van der Waals surface area contributed by atoms with Gasteiger partial charge in [0.1, 0.15) is 0 Å². The van der Waals surface area contributed by atoms with Gasteiger partial charge in [-0.2, -0.15) is 31.2 Å². The van der Waals surface area contributed by atoms with Gasteiger partial charge in [0.05, 0.1) is 16.7 Å². The highest BCUT2D eigenvalue weighted by Gasteiger charge is 2.43. The summed E-state index contributed by atoms with van der Waals surface area (Å²) in [5.41, 5.74) is 0.502. The highest BCUT2D eigenvalue weighted by Crippen LogP contribution is 2.33. The number of hydrogen-bond donors (Lipinski definition) is 1. The second kappa shape index (κ2) is 6.00. The number of halogens is 3. The summed E-state index contributed by atoms with van der Waals surface area (Å²) in [6.45, 7) is 1.31. The van der Waals surface area contributed by atoms with Crippen molar-refractivity contribution in [3.63, 3.8) is 0 Å². The quantitative estimate of drug-likeness (QED) is 0.771. The number of anilines is 1. The Morgan fingerprint density at radius 1 is 1.26 bits per heavy atom. The van der Waals surface area contributed by atoms with E-state index in [-0.39, 0.29) is 35.9 Å². The number of nitrogens with one attached hydrogen (secondary N) is 1. The Hall–Kier alpha value is -2.52. The van der Waals surface area contributed by atoms with Crippen LogP contribution in [0.15, 0.2) is 18.2 Å². The summed E-state index contributed by atoms with van der Waals surface area (Å²) in [4.78, 5) is 7.19. The minimum Gasteiger partial charge on any atom is -0.334 e. The Labute approximate surface area is 153 Å². The number of rotatable bonds is 2. The van der Waals surface area contributed by atoms with Crippen molar-refractivity contribution < 1.29 is 21.6 Å². The first-order valence-electron chi connectivity index (χ1n) is 8.21. The molecule has 2 aromatic rings. The summed E-state index contributed by atoms with van der Waals surface area (Å²) in [5, 5.41) is 8.95. The van der Waals surface area contributed by atoms with Crippen molar-refractivity contribution in [2.45, 2.75) is 18.6 Å². The van der Waals surface area contributed by atoms with Crippen LogP contribution < -0.4 is 4.31 Å². The summed E-state index contributed by atoms with van der Waals surface area (Å²) >= 11 is 0. The second-order valence-electron chi connectivity index (χ2n) is 6.46. The van der Waals surface area contributed by atoms with Crippen LogP contribution in [0.2, 0.25) is 0 Å². The Morgan fingerprint density at radius 2 is 2.04 bits per heavy atom. The third-order valence-corrected chi connectivity index (χ3v) is 6.86. The van der Waals surface area contributed by atoms with Crippen molar-refractivity contribution in [3.05, 3.63) is 24.0 Å². The van der Waals surface area contributed by atoms with E-state index in [0.29, 0.717) is 19.5 Å². The fraction of sp³-hybridized carbons (Fsp3) is 0.467. The lowest BCUT2D eigenvalue weighted by Gasteiger charge is -2.24. The molecule has 1 aromatic carbocycles. The van der Waals surface area contributed by atoms with E-state index in [1.54, 1.807) is 0 Å². The molecule has 12 heteroatoms. The third-order valence-electron chi connectivity index (χ3n) is 4.83. The van der Waals surface area contributed by atoms with Crippen LogP contribution in [0.3, 0.4) is 0 Å². The first kappa shape index (κ1) is 17.9.